The topological polar surface area (TPSA) is 147 Å². The lowest BCUT2D eigenvalue weighted by Gasteiger charge is -2.13. The van der Waals surface area contributed by atoms with Crippen molar-refractivity contribution in [1.29, 1.82) is 0 Å². The van der Waals surface area contributed by atoms with E-state index in [1.807, 2.05) is 0 Å². The second-order valence-electron chi connectivity index (χ2n) is 4.01. The van der Waals surface area contributed by atoms with Crippen molar-refractivity contribution in [2.45, 2.75) is 12.3 Å². The lowest BCUT2D eigenvalue weighted by Crippen LogP contribution is -2.04. The Kier molecular flexibility index (Phi) is 3.87. The molecule has 1 unspecified atom stereocenters. The van der Waals surface area contributed by atoms with Crippen LogP contribution in [0, 0.1) is 0 Å². The minimum atomic E-state index is -4.51. The highest BCUT2D eigenvalue weighted by Crippen LogP contribution is 2.51. The Labute approximate surface area is 114 Å². The van der Waals surface area contributed by atoms with Gasteiger partial charge in [-0.05, 0) is 0 Å². The summed E-state index contributed by atoms with van der Waals surface area (Å²) in [4.78, 5) is 33.3. The van der Waals surface area contributed by atoms with Gasteiger partial charge in [0.05, 0.1) is 0 Å². The quantitative estimate of drug-likeness (QED) is 0.460. The van der Waals surface area contributed by atoms with Crippen LogP contribution >= 0.6 is 7.60 Å². The van der Waals surface area contributed by atoms with Gasteiger partial charge < -0.3 is 25.2 Å². The van der Waals surface area contributed by atoms with Crippen LogP contribution in [0.3, 0.4) is 0 Å². The minimum Gasteiger partial charge on any atom is -0.382 e. The summed E-state index contributed by atoms with van der Waals surface area (Å²) in [5.74, 6) is -0.994. The fourth-order valence-electron chi connectivity index (χ4n) is 1.73. The molecular formula is C10H14N5O4P. The van der Waals surface area contributed by atoms with Crippen LogP contribution in [-0.2, 0) is 15.7 Å². The number of nitrogen functional groups attached to an aromatic ring is 1. The summed E-state index contributed by atoms with van der Waals surface area (Å²) in [6, 6.07) is 0. The molecule has 0 aromatic carbocycles. The zero-order valence-electron chi connectivity index (χ0n) is 10.6. The molecule has 1 atom stereocenters. The number of ether oxygens (including phenoxy) is 1. The molecule has 0 aliphatic rings. The summed E-state index contributed by atoms with van der Waals surface area (Å²) in [7, 11) is -3.34. The smallest absolute Gasteiger partial charge is 0.361 e. The van der Waals surface area contributed by atoms with Gasteiger partial charge in [-0.2, -0.15) is 0 Å². The highest BCUT2D eigenvalue weighted by Gasteiger charge is 2.33. The lowest BCUT2D eigenvalue weighted by atomic mass is 10.4. The third kappa shape index (κ3) is 2.70. The molecule has 2 rings (SSSR count). The second kappa shape index (κ2) is 5.29. The van der Waals surface area contributed by atoms with Crippen LogP contribution in [0.1, 0.15) is 17.5 Å². The molecule has 0 saturated carbocycles. The normalized spacial score (nSPS) is 13.6. The van der Waals surface area contributed by atoms with Crippen LogP contribution in [0.2, 0.25) is 0 Å². The van der Waals surface area contributed by atoms with Crippen LogP contribution in [0.15, 0.2) is 12.7 Å². The molecule has 0 fully saturated rings. The zero-order valence-corrected chi connectivity index (χ0v) is 11.5. The van der Waals surface area contributed by atoms with Gasteiger partial charge in [0.1, 0.15) is 5.82 Å². The fraction of sp³-hybridized carbons (Fsp3) is 0.300. The Balaban J connectivity index is 2.55. The van der Waals surface area contributed by atoms with Crippen molar-refractivity contribution in [2.24, 2.45) is 0 Å². The highest BCUT2D eigenvalue weighted by molar-refractivity contribution is 7.51. The average molecular weight is 299 g/mol. The number of aromatic amines is 1. The van der Waals surface area contributed by atoms with E-state index in [1.54, 1.807) is 6.08 Å². The van der Waals surface area contributed by atoms with Gasteiger partial charge >= 0.3 is 7.60 Å². The largest absolute Gasteiger partial charge is 0.382 e. The molecule has 0 spiro atoms. The lowest BCUT2D eigenvalue weighted by molar-refractivity contribution is 0.132. The van der Waals surface area contributed by atoms with Crippen molar-refractivity contribution in [2.75, 3.05) is 12.8 Å². The molecule has 20 heavy (non-hydrogen) atoms. The molecule has 0 bridgehead atoms. The van der Waals surface area contributed by atoms with E-state index in [9.17, 15) is 14.4 Å². The summed E-state index contributed by atoms with van der Waals surface area (Å²) in [5.41, 5.74) is 6.28. The number of methoxy groups -OCH3 is 1. The van der Waals surface area contributed by atoms with Crippen molar-refractivity contribution in [3.05, 3.63) is 24.3 Å². The predicted molar refractivity (Wildman–Crippen MR) is 71.8 cm³/mol. The summed E-state index contributed by atoms with van der Waals surface area (Å²) in [6.45, 7) is 3.58. The molecule has 10 heteroatoms. The van der Waals surface area contributed by atoms with Gasteiger partial charge in [-0.25, -0.2) is 15.0 Å². The van der Waals surface area contributed by atoms with E-state index in [1.165, 1.54) is 7.11 Å². The summed E-state index contributed by atoms with van der Waals surface area (Å²) in [5, 5.41) is 0. The molecule has 0 saturated heterocycles. The van der Waals surface area contributed by atoms with Crippen LogP contribution in [0.25, 0.3) is 11.2 Å². The molecule has 2 aromatic heterocycles. The molecule has 5 N–H and O–H groups in total. The number of aromatic nitrogens is 4. The van der Waals surface area contributed by atoms with Gasteiger partial charge in [0, 0.05) is 13.5 Å². The van der Waals surface area contributed by atoms with E-state index in [4.69, 9.17) is 10.5 Å². The van der Waals surface area contributed by atoms with Gasteiger partial charge in [-0.15, -0.1) is 6.58 Å². The summed E-state index contributed by atoms with van der Waals surface area (Å²) >= 11 is 0. The molecule has 0 aliphatic heterocycles. The number of allylic oxidation sites excluding steroid dienone is 1. The fourth-order valence-corrected chi connectivity index (χ4v) is 2.45. The molecule has 9 nitrogen and oxygen atoms in total. The number of fused-ring (bicyclic) bond motifs is 1. The third-order valence-corrected chi connectivity index (χ3v) is 3.59. The maximum Gasteiger partial charge on any atom is 0.361 e. The molecule has 0 radical (unpaired) electrons. The van der Waals surface area contributed by atoms with Crippen LogP contribution < -0.4 is 5.73 Å². The molecule has 0 amide bonds. The van der Waals surface area contributed by atoms with Crippen molar-refractivity contribution < 1.29 is 19.1 Å². The Morgan fingerprint density at radius 1 is 1.50 bits per heavy atom. The first-order valence-corrected chi connectivity index (χ1v) is 7.26. The number of rotatable bonds is 5. The Morgan fingerprint density at radius 3 is 2.75 bits per heavy atom. The number of nitrogens with two attached hydrogens (primary N) is 1. The molecule has 108 valence electrons. The minimum absolute atomic E-state index is 0.0485. The van der Waals surface area contributed by atoms with Crippen molar-refractivity contribution >= 4 is 24.6 Å². The highest BCUT2D eigenvalue weighted by atomic mass is 31.2. The SMILES string of the molecule is C=CCc1nc(N)c2nc(C(OC)P(=O)(O)O)[nH]c2n1. The standard InChI is InChI=1S/C10H14N5O4P/c1-3-4-5-12-7(11)6-8(13-5)15-9(14-6)10(19-2)20(16,17)18/h3,10H,1,4H2,2H3,(H2,16,17,18)(H3,11,12,13,14,15). The van der Waals surface area contributed by atoms with E-state index in [0.29, 0.717) is 17.9 Å². The van der Waals surface area contributed by atoms with Crippen LogP contribution in [0.4, 0.5) is 5.82 Å². The summed E-state index contributed by atoms with van der Waals surface area (Å²) < 4.78 is 16.1. The molecular weight excluding hydrogens is 285 g/mol. The van der Waals surface area contributed by atoms with Gasteiger partial charge in [-0.1, -0.05) is 6.08 Å². The predicted octanol–water partition coefficient (Wildman–Crippen LogP) is 0.486. The van der Waals surface area contributed by atoms with E-state index in [2.05, 4.69) is 26.5 Å². The number of anilines is 1. The maximum atomic E-state index is 11.3. The van der Waals surface area contributed by atoms with Gasteiger partial charge in [0.2, 0.25) is 5.85 Å². The Hall–Kier alpha value is -1.80. The number of nitrogens with zero attached hydrogens (tertiary/aromatic N) is 3. The van der Waals surface area contributed by atoms with E-state index < -0.39 is 13.4 Å². The van der Waals surface area contributed by atoms with Crippen molar-refractivity contribution in [1.82, 2.24) is 19.9 Å². The molecule has 0 aliphatic carbocycles. The first-order chi connectivity index (χ1) is 9.36. The zero-order chi connectivity index (χ0) is 14.9. The van der Waals surface area contributed by atoms with Crippen LogP contribution in [-0.4, -0.2) is 36.8 Å². The molecule has 2 aromatic rings. The number of hydrogen-bond acceptors (Lipinski definition) is 6. The Morgan fingerprint density at radius 2 is 2.20 bits per heavy atom. The Bertz CT molecular complexity index is 694. The summed E-state index contributed by atoms with van der Waals surface area (Å²) in [6.07, 6.45) is 2.03. The maximum absolute atomic E-state index is 11.3. The van der Waals surface area contributed by atoms with E-state index in [-0.39, 0.29) is 17.2 Å². The van der Waals surface area contributed by atoms with Gasteiger partial charge in [0.15, 0.2) is 22.8 Å². The second-order valence-corrected chi connectivity index (χ2v) is 5.66. The van der Waals surface area contributed by atoms with E-state index in [0.717, 1.165) is 0 Å². The monoisotopic (exact) mass is 299 g/mol. The van der Waals surface area contributed by atoms with Crippen molar-refractivity contribution in [3.8, 4) is 0 Å². The van der Waals surface area contributed by atoms with Crippen molar-refractivity contribution in [3.63, 3.8) is 0 Å². The third-order valence-electron chi connectivity index (χ3n) is 2.53. The van der Waals surface area contributed by atoms with Crippen LogP contribution in [0.5, 0.6) is 0 Å². The number of hydrogen-bond donors (Lipinski definition) is 4. The molecule has 2 heterocycles. The van der Waals surface area contributed by atoms with E-state index >= 15 is 0 Å². The van der Waals surface area contributed by atoms with Gasteiger partial charge in [0.25, 0.3) is 0 Å². The average Bonchev–Trinajstić information content (AvgIpc) is 2.72. The number of nitrogens with one attached hydrogen (secondary N) is 1. The number of H-pyrrole nitrogens is 1. The van der Waals surface area contributed by atoms with Gasteiger partial charge in [-0.3, -0.25) is 4.57 Å². The first-order valence-electron chi connectivity index (χ1n) is 5.57. The number of imidazole rings is 1. The first kappa shape index (κ1) is 14.6.